The summed E-state index contributed by atoms with van der Waals surface area (Å²) in [7, 11) is 0. The number of nitrogens with zero attached hydrogens (tertiary/aromatic N) is 1. The van der Waals surface area contributed by atoms with Gasteiger partial charge in [0, 0.05) is 48.8 Å². The van der Waals surface area contributed by atoms with E-state index >= 15 is 0 Å². The summed E-state index contributed by atoms with van der Waals surface area (Å²) in [6.07, 6.45) is 3.29. The molecule has 1 aromatic carbocycles. The number of benzene rings is 1. The predicted octanol–water partition coefficient (Wildman–Crippen LogP) is 2.39. The van der Waals surface area contributed by atoms with Gasteiger partial charge < -0.3 is 10.3 Å². The fraction of sp³-hybridized carbons (Fsp3) is 0.500. The van der Waals surface area contributed by atoms with Crippen LogP contribution in [0.4, 0.5) is 0 Å². The van der Waals surface area contributed by atoms with Gasteiger partial charge in [0.1, 0.15) is 0 Å². The number of para-hydroxylation sites is 1. The van der Waals surface area contributed by atoms with Crippen LogP contribution in [-0.4, -0.2) is 41.6 Å². The third-order valence-corrected chi connectivity index (χ3v) is 4.24. The number of aromatic nitrogens is 1. The highest BCUT2D eigenvalue weighted by molar-refractivity contribution is 5.83. The molecule has 3 heteroatoms. The lowest BCUT2D eigenvalue weighted by atomic mass is 10.1. The number of hydrogen-bond acceptors (Lipinski definition) is 2. The Morgan fingerprint density at radius 2 is 2.11 bits per heavy atom. The van der Waals surface area contributed by atoms with Crippen molar-refractivity contribution >= 4 is 10.9 Å². The number of fused-ring (bicyclic) bond motifs is 1. The molecule has 102 valence electrons. The van der Waals surface area contributed by atoms with Crippen LogP contribution < -0.4 is 5.32 Å². The van der Waals surface area contributed by atoms with Crippen molar-refractivity contribution in [3.63, 3.8) is 0 Å². The first-order valence-electron chi connectivity index (χ1n) is 7.26. The molecule has 0 aliphatic carbocycles. The summed E-state index contributed by atoms with van der Waals surface area (Å²) in [5, 5.41) is 4.91. The third-order valence-electron chi connectivity index (χ3n) is 4.24. The fourth-order valence-corrected chi connectivity index (χ4v) is 3.01. The van der Waals surface area contributed by atoms with Crippen LogP contribution >= 0.6 is 0 Å². The van der Waals surface area contributed by atoms with Crippen molar-refractivity contribution < 1.29 is 0 Å². The van der Waals surface area contributed by atoms with Gasteiger partial charge in [-0.1, -0.05) is 18.2 Å². The van der Waals surface area contributed by atoms with Crippen molar-refractivity contribution in [1.82, 2.24) is 15.2 Å². The number of aromatic amines is 1. The zero-order valence-corrected chi connectivity index (χ0v) is 11.8. The maximum Gasteiger partial charge on any atom is 0.0456 e. The van der Waals surface area contributed by atoms with Crippen LogP contribution in [0.25, 0.3) is 10.9 Å². The van der Waals surface area contributed by atoms with Gasteiger partial charge in [0.05, 0.1) is 0 Å². The summed E-state index contributed by atoms with van der Waals surface area (Å²) in [4.78, 5) is 5.97. The second-order valence-corrected chi connectivity index (χ2v) is 5.76. The van der Waals surface area contributed by atoms with Gasteiger partial charge in [-0.15, -0.1) is 0 Å². The van der Waals surface area contributed by atoms with Crippen LogP contribution in [-0.2, 0) is 6.42 Å². The molecule has 1 fully saturated rings. The maximum absolute atomic E-state index is 3.54. The van der Waals surface area contributed by atoms with Crippen LogP contribution in [0.5, 0.6) is 0 Å². The van der Waals surface area contributed by atoms with Gasteiger partial charge in [-0.3, -0.25) is 4.90 Å². The molecule has 1 saturated heterocycles. The molecule has 1 aliphatic rings. The molecule has 1 aliphatic heterocycles. The first-order chi connectivity index (χ1) is 9.24. The molecular formula is C16H23N3. The van der Waals surface area contributed by atoms with Crippen molar-refractivity contribution in [2.45, 2.75) is 32.4 Å². The second kappa shape index (κ2) is 5.35. The lowest BCUT2D eigenvalue weighted by molar-refractivity contribution is 0.148. The highest BCUT2D eigenvalue weighted by atomic mass is 15.2. The van der Waals surface area contributed by atoms with Gasteiger partial charge in [0.2, 0.25) is 0 Å². The van der Waals surface area contributed by atoms with Crippen molar-refractivity contribution in [3.05, 3.63) is 36.0 Å². The minimum atomic E-state index is 0.610. The molecule has 2 unspecified atom stereocenters. The third kappa shape index (κ3) is 2.67. The molecule has 0 saturated carbocycles. The number of nitrogens with one attached hydrogen (secondary N) is 2. The van der Waals surface area contributed by atoms with Crippen molar-refractivity contribution in [2.75, 3.05) is 19.6 Å². The Labute approximate surface area is 115 Å². The average Bonchev–Trinajstić information content (AvgIpc) is 2.83. The maximum atomic E-state index is 3.54. The number of hydrogen-bond donors (Lipinski definition) is 2. The molecule has 2 N–H and O–H groups in total. The lowest BCUT2D eigenvalue weighted by Crippen LogP contribution is -2.54. The fourth-order valence-electron chi connectivity index (χ4n) is 3.01. The molecule has 19 heavy (non-hydrogen) atoms. The molecular weight excluding hydrogens is 234 g/mol. The Bertz CT molecular complexity index is 546. The van der Waals surface area contributed by atoms with E-state index < -0.39 is 0 Å². The zero-order valence-electron chi connectivity index (χ0n) is 11.8. The van der Waals surface area contributed by atoms with Crippen LogP contribution in [0, 0.1) is 0 Å². The highest BCUT2D eigenvalue weighted by Crippen LogP contribution is 2.19. The van der Waals surface area contributed by atoms with E-state index in [-0.39, 0.29) is 0 Å². The van der Waals surface area contributed by atoms with E-state index in [0.29, 0.717) is 12.1 Å². The Morgan fingerprint density at radius 3 is 3.00 bits per heavy atom. The monoisotopic (exact) mass is 257 g/mol. The summed E-state index contributed by atoms with van der Waals surface area (Å²) in [6, 6.07) is 9.82. The molecule has 0 bridgehead atoms. The van der Waals surface area contributed by atoms with Crippen LogP contribution in [0.1, 0.15) is 19.4 Å². The van der Waals surface area contributed by atoms with Crippen LogP contribution in [0.3, 0.4) is 0 Å². The average molecular weight is 257 g/mol. The smallest absolute Gasteiger partial charge is 0.0456 e. The molecule has 0 spiro atoms. The standard InChI is InChI=1S/C16H23N3/c1-12-11-19(13(2)9-17-12)8-7-14-10-18-16-6-4-3-5-15(14)16/h3-6,10,12-13,17-18H,7-9,11H2,1-2H3. The number of H-pyrrole nitrogens is 1. The summed E-state index contributed by atoms with van der Waals surface area (Å²) in [5.41, 5.74) is 2.69. The van der Waals surface area contributed by atoms with Crippen molar-refractivity contribution in [1.29, 1.82) is 0 Å². The van der Waals surface area contributed by atoms with E-state index in [9.17, 15) is 0 Å². The van der Waals surface area contributed by atoms with Gasteiger partial charge in [0.25, 0.3) is 0 Å². The first kappa shape index (κ1) is 12.7. The van der Waals surface area contributed by atoms with E-state index in [2.05, 4.69) is 59.5 Å². The van der Waals surface area contributed by atoms with E-state index in [1.807, 2.05) is 0 Å². The minimum absolute atomic E-state index is 0.610. The van der Waals surface area contributed by atoms with E-state index in [0.717, 1.165) is 26.1 Å². The minimum Gasteiger partial charge on any atom is -0.361 e. The van der Waals surface area contributed by atoms with Crippen LogP contribution in [0.2, 0.25) is 0 Å². The van der Waals surface area contributed by atoms with E-state index in [1.54, 1.807) is 0 Å². The molecule has 1 aromatic heterocycles. The van der Waals surface area contributed by atoms with Gasteiger partial charge >= 0.3 is 0 Å². The molecule has 0 amide bonds. The topological polar surface area (TPSA) is 31.1 Å². The Morgan fingerprint density at radius 1 is 1.26 bits per heavy atom. The van der Waals surface area contributed by atoms with Crippen molar-refractivity contribution in [3.8, 4) is 0 Å². The largest absolute Gasteiger partial charge is 0.361 e. The predicted molar refractivity (Wildman–Crippen MR) is 80.5 cm³/mol. The van der Waals surface area contributed by atoms with E-state index in [1.165, 1.54) is 16.5 Å². The molecule has 3 rings (SSSR count). The number of rotatable bonds is 3. The quantitative estimate of drug-likeness (QED) is 0.884. The molecule has 2 atom stereocenters. The van der Waals surface area contributed by atoms with E-state index in [4.69, 9.17) is 0 Å². The van der Waals surface area contributed by atoms with Crippen LogP contribution in [0.15, 0.2) is 30.5 Å². The Hall–Kier alpha value is -1.32. The van der Waals surface area contributed by atoms with Gasteiger partial charge in [-0.2, -0.15) is 0 Å². The van der Waals surface area contributed by atoms with Crippen molar-refractivity contribution in [2.24, 2.45) is 0 Å². The van der Waals surface area contributed by atoms with Gasteiger partial charge in [-0.05, 0) is 31.9 Å². The molecule has 3 nitrogen and oxygen atoms in total. The molecule has 0 radical (unpaired) electrons. The normalized spacial score (nSPS) is 24.9. The SMILES string of the molecule is CC1CN(CCc2c[nH]c3ccccc23)C(C)CN1. The number of piperazine rings is 1. The first-order valence-corrected chi connectivity index (χ1v) is 7.26. The summed E-state index contributed by atoms with van der Waals surface area (Å²) >= 11 is 0. The molecule has 2 aromatic rings. The second-order valence-electron chi connectivity index (χ2n) is 5.76. The Balaban J connectivity index is 1.68. The lowest BCUT2D eigenvalue weighted by Gasteiger charge is -2.37. The summed E-state index contributed by atoms with van der Waals surface area (Å²) in [5.74, 6) is 0. The highest BCUT2D eigenvalue weighted by Gasteiger charge is 2.21. The zero-order chi connectivity index (χ0) is 13.2. The van der Waals surface area contributed by atoms with Gasteiger partial charge in [0.15, 0.2) is 0 Å². The summed E-state index contributed by atoms with van der Waals surface area (Å²) < 4.78 is 0. The molecule has 2 heterocycles. The van der Waals surface area contributed by atoms with Gasteiger partial charge in [-0.25, -0.2) is 0 Å². The summed E-state index contributed by atoms with van der Waals surface area (Å²) in [6.45, 7) is 7.99. The Kier molecular flexibility index (Phi) is 3.58.